The van der Waals surface area contributed by atoms with Gasteiger partial charge in [0.25, 0.3) is 0 Å². The number of ether oxygens (including phenoxy) is 1. The summed E-state index contributed by atoms with van der Waals surface area (Å²) >= 11 is 0. The first kappa shape index (κ1) is 11.9. The van der Waals surface area contributed by atoms with Crippen molar-refractivity contribution in [1.82, 2.24) is 10.2 Å². The van der Waals surface area contributed by atoms with E-state index < -0.39 is 0 Å². The highest BCUT2D eigenvalue weighted by Crippen LogP contribution is 2.23. The van der Waals surface area contributed by atoms with Crippen LogP contribution in [0.25, 0.3) is 0 Å². The molecule has 1 amide bonds. The van der Waals surface area contributed by atoms with Gasteiger partial charge in [0.1, 0.15) is 0 Å². The first-order chi connectivity index (χ1) is 7.75. The lowest BCUT2D eigenvalue weighted by Gasteiger charge is -2.38. The number of hydrogen-bond acceptors (Lipinski definition) is 3. The fourth-order valence-corrected chi connectivity index (χ4v) is 2.82. The fraction of sp³-hybridized carbons (Fsp3) is 0.917. The van der Waals surface area contributed by atoms with E-state index in [0.29, 0.717) is 12.1 Å². The Bertz CT molecular complexity index is 231. The van der Waals surface area contributed by atoms with Gasteiger partial charge in [-0.3, -0.25) is 9.69 Å². The molecule has 4 heteroatoms. The maximum atomic E-state index is 11.0. The van der Waals surface area contributed by atoms with Crippen LogP contribution in [0.5, 0.6) is 0 Å². The molecule has 0 aromatic heterocycles. The van der Waals surface area contributed by atoms with Gasteiger partial charge in [0.15, 0.2) is 0 Å². The van der Waals surface area contributed by atoms with E-state index in [-0.39, 0.29) is 5.91 Å². The second-order valence-corrected chi connectivity index (χ2v) is 4.85. The van der Waals surface area contributed by atoms with Crippen LogP contribution in [0.15, 0.2) is 0 Å². The van der Waals surface area contributed by atoms with Crippen LogP contribution in [0.3, 0.4) is 0 Å². The topological polar surface area (TPSA) is 41.6 Å². The van der Waals surface area contributed by atoms with Crippen molar-refractivity contribution in [3.8, 4) is 0 Å². The van der Waals surface area contributed by atoms with Gasteiger partial charge in [-0.15, -0.1) is 0 Å². The van der Waals surface area contributed by atoms with E-state index in [0.717, 1.165) is 39.1 Å². The van der Waals surface area contributed by atoms with E-state index in [4.69, 9.17) is 4.74 Å². The van der Waals surface area contributed by atoms with Crippen molar-refractivity contribution in [3.63, 3.8) is 0 Å². The van der Waals surface area contributed by atoms with Crippen LogP contribution in [0, 0.1) is 0 Å². The molecule has 0 spiro atoms. The normalized spacial score (nSPS) is 32.3. The Morgan fingerprint density at radius 1 is 1.19 bits per heavy atom. The van der Waals surface area contributed by atoms with Crippen LogP contribution >= 0.6 is 0 Å². The van der Waals surface area contributed by atoms with Gasteiger partial charge in [-0.05, 0) is 25.7 Å². The van der Waals surface area contributed by atoms with Gasteiger partial charge in [0, 0.05) is 32.1 Å². The highest BCUT2D eigenvalue weighted by molar-refractivity contribution is 5.73. The van der Waals surface area contributed by atoms with Gasteiger partial charge < -0.3 is 10.1 Å². The number of carbonyl (C=O) groups excluding carboxylic acids is 1. The minimum Gasteiger partial charge on any atom is -0.379 e. The van der Waals surface area contributed by atoms with Crippen LogP contribution in [-0.4, -0.2) is 49.2 Å². The van der Waals surface area contributed by atoms with Gasteiger partial charge in [0.05, 0.1) is 13.2 Å². The van der Waals surface area contributed by atoms with Crippen molar-refractivity contribution in [2.24, 2.45) is 0 Å². The quantitative estimate of drug-likeness (QED) is 0.756. The number of amides is 1. The van der Waals surface area contributed by atoms with E-state index in [1.807, 2.05) is 0 Å². The molecule has 2 rings (SSSR count). The summed E-state index contributed by atoms with van der Waals surface area (Å²) in [6, 6.07) is 1.13. The van der Waals surface area contributed by atoms with Crippen LogP contribution in [0.4, 0.5) is 0 Å². The second kappa shape index (κ2) is 5.64. The average molecular weight is 226 g/mol. The van der Waals surface area contributed by atoms with E-state index in [1.165, 1.54) is 12.8 Å². The van der Waals surface area contributed by atoms with Crippen molar-refractivity contribution in [2.45, 2.75) is 44.7 Å². The molecule has 0 aromatic carbocycles. The SMILES string of the molecule is CC(=O)NC1CCC(N2CCOCC2)CC1. The Balaban J connectivity index is 1.73. The smallest absolute Gasteiger partial charge is 0.217 e. The lowest BCUT2D eigenvalue weighted by atomic mass is 9.90. The van der Waals surface area contributed by atoms with E-state index in [9.17, 15) is 4.79 Å². The minimum absolute atomic E-state index is 0.106. The molecule has 1 N–H and O–H groups in total. The Hall–Kier alpha value is -0.610. The molecule has 0 aromatic rings. The van der Waals surface area contributed by atoms with Gasteiger partial charge in [-0.2, -0.15) is 0 Å². The molecule has 1 heterocycles. The van der Waals surface area contributed by atoms with Gasteiger partial charge in [-0.25, -0.2) is 0 Å². The van der Waals surface area contributed by atoms with Crippen molar-refractivity contribution in [2.75, 3.05) is 26.3 Å². The van der Waals surface area contributed by atoms with Gasteiger partial charge in [-0.1, -0.05) is 0 Å². The molecule has 1 aliphatic carbocycles. The summed E-state index contributed by atoms with van der Waals surface area (Å²) in [4.78, 5) is 13.5. The molecule has 1 aliphatic heterocycles. The first-order valence-electron chi connectivity index (χ1n) is 6.34. The van der Waals surface area contributed by atoms with Crippen LogP contribution in [0.1, 0.15) is 32.6 Å². The molecule has 0 atom stereocenters. The summed E-state index contributed by atoms with van der Waals surface area (Å²) in [6.45, 7) is 5.52. The molecule has 2 fully saturated rings. The minimum atomic E-state index is 0.106. The zero-order chi connectivity index (χ0) is 11.4. The van der Waals surface area contributed by atoms with E-state index in [1.54, 1.807) is 6.92 Å². The summed E-state index contributed by atoms with van der Waals surface area (Å²) in [7, 11) is 0. The Morgan fingerprint density at radius 2 is 1.81 bits per heavy atom. The first-order valence-corrected chi connectivity index (χ1v) is 6.34. The molecule has 1 saturated heterocycles. The molecule has 92 valence electrons. The second-order valence-electron chi connectivity index (χ2n) is 4.85. The maximum Gasteiger partial charge on any atom is 0.217 e. The molecule has 0 unspecified atom stereocenters. The monoisotopic (exact) mass is 226 g/mol. The molecule has 4 nitrogen and oxygen atoms in total. The molecule has 16 heavy (non-hydrogen) atoms. The number of carbonyl (C=O) groups is 1. The molecular formula is C12H22N2O2. The highest BCUT2D eigenvalue weighted by Gasteiger charge is 2.26. The predicted molar refractivity (Wildman–Crippen MR) is 62.3 cm³/mol. The molecule has 0 radical (unpaired) electrons. The highest BCUT2D eigenvalue weighted by atomic mass is 16.5. The number of morpholine rings is 1. The third kappa shape index (κ3) is 3.19. The molecular weight excluding hydrogens is 204 g/mol. The molecule has 1 saturated carbocycles. The summed E-state index contributed by atoms with van der Waals surface area (Å²) in [5, 5.41) is 3.02. The predicted octanol–water partition coefficient (Wildman–Crippen LogP) is 0.766. The van der Waals surface area contributed by atoms with Crippen molar-refractivity contribution in [1.29, 1.82) is 0 Å². The van der Waals surface area contributed by atoms with Crippen LogP contribution in [0.2, 0.25) is 0 Å². The summed E-state index contributed by atoms with van der Waals surface area (Å²) < 4.78 is 5.37. The lowest BCUT2D eigenvalue weighted by Crippen LogP contribution is -2.47. The maximum absolute atomic E-state index is 11.0. The van der Waals surface area contributed by atoms with Crippen molar-refractivity contribution >= 4 is 5.91 Å². The van der Waals surface area contributed by atoms with Crippen molar-refractivity contribution < 1.29 is 9.53 Å². The fourth-order valence-electron chi connectivity index (χ4n) is 2.82. The van der Waals surface area contributed by atoms with E-state index in [2.05, 4.69) is 10.2 Å². The standard InChI is InChI=1S/C12H22N2O2/c1-10(15)13-11-2-4-12(5-3-11)14-6-8-16-9-7-14/h11-12H,2-9H2,1H3,(H,13,15). The van der Waals surface area contributed by atoms with Crippen LogP contribution in [-0.2, 0) is 9.53 Å². The summed E-state index contributed by atoms with van der Waals surface area (Å²) in [5.74, 6) is 0.106. The number of nitrogens with zero attached hydrogens (tertiary/aromatic N) is 1. The van der Waals surface area contributed by atoms with Crippen molar-refractivity contribution in [3.05, 3.63) is 0 Å². The van der Waals surface area contributed by atoms with E-state index >= 15 is 0 Å². The third-order valence-electron chi connectivity index (χ3n) is 3.67. The number of nitrogens with one attached hydrogen (secondary N) is 1. The Kier molecular flexibility index (Phi) is 4.18. The molecule has 0 bridgehead atoms. The van der Waals surface area contributed by atoms with Gasteiger partial charge >= 0.3 is 0 Å². The van der Waals surface area contributed by atoms with Gasteiger partial charge in [0.2, 0.25) is 5.91 Å². The summed E-state index contributed by atoms with van der Waals surface area (Å²) in [6.07, 6.45) is 4.68. The number of hydrogen-bond donors (Lipinski definition) is 1. The third-order valence-corrected chi connectivity index (χ3v) is 3.67. The Morgan fingerprint density at radius 3 is 2.38 bits per heavy atom. The summed E-state index contributed by atoms with van der Waals surface area (Å²) in [5.41, 5.74) is 0. The lowest BCUT2D eigenvalue weighted by molar-refractivity contribution is -0.120. The Labute approximate surface area is 97.3 Å². The van der Waals surface area contributed by atoms with Crippen LogP contribution < -0.4 is 5.32 Å². The molecule has 2 aliphatic rings. The zero-order valence-corrected chi connectivity index (χ0v) is 10.1. The number of rotatable bonds is 2. The largest absolute Gasteiger partial charge is 0.379 e. The average Bonchev–Trinajstić information content (AvgIpc) is 2.30. The zero-order valence-electron chi connectivity index (χ0n) is 10.1.